The Bertz CT molecular complexity index is 396. The van der Waals surface area contributed by atoms with Crippen molar-refractivity contribution in [2.45, 2.75) is 24.0 Å². The van der Waals surface area contributed by atoms with Gasteiger partial charge in [0.25, 0.3) is 0 Å². The molecule has 1 aromatic rings. The Hall–Kier alpha value is -1.24. The largest absolute Gasteiger partial charge is 0.450 e. The fraction of sp³-hybridized carbons (Fsp3) is 0.462. The standard InChI is InChI=1S/C13H19NO4S/c1-3-18-13(17)14-11(8-15)12(16)9-4-6-10(19-2)7-5-9/h4-7,11-12,15-16H,3,8H2,1-2H3,(H,14,17)/t11-,12-/m1/s1. The molecule has 1 aromatic carbocycles. The summed E-state index contributed by atoms with van der Waals surface area (Å²) in [6.45, 7) is 1.55. The minimum Gasteiger partial charge on any atom is -0.450 e. The van der Waals surface area contributed by atoms with Gasteiger partial charge in [0.2, 0.25) is 0 Å². The summed E-state index contributed by atoms with van der Waals surface area (Å²) < 4.78 is 4.72. The Morgan fingerprint density at radius 1 is 1.42 bits per heavy atom. The van der Waals surface area contributed by atoms with Crippen LogP contribution in [-0.4, -0.2) is 41.8 Å². The van der Waals surface area contributed by atoms with E-state index in [9.17, 15) is 15.0 Å². The lowest BCUT2D eigenvalue weighted by Gasteiger charge is -2.22. The number of ether oxygens (including phenoxy) is 1. The summed E-state index contributed by atoms with van der Waals surface area (Å²) in [6.07, 6.45) is 0.330. The van der Waals surface area contributed by atoms with Crippen molar-refractivity contribution in [1.29, 1.82) is 0 Å². The second-order valence-electron chi connectivity index (χ2n) is 3.87. The van der Waals surface area contributed by atoms with Gasteiger partial charge >= 0.3 is 6.09 Å². The molecule has 0 spiro atoms. The van der Waals surface area contributed by atoms with Crippen molar-refractivity contribution in [3.63, 3.8) is 0 Å². The first-order valence-electron chi connectivity index (χ1n) is 5.98. The quantitative estimate of drug-likeness (QED) is 0.691. The number of carbonyl (C=O) groups is 1. The summed E-state index contributed by atoms with van der Waals surface area (Å²) >= 11 is 1.60. The molecule has 0 unspecified atom stereocenters. The molecule has 0 aliphatic heterocycles. The van der Waals surface area contributed by atoms with Gasteiger partial charge in [-0.15, -0.1) is 11.8 Å². The van der Waals surface area contributed by atoms with Crippen LogP contribution in [0.2, 0.25) is 0 Å². The SMILES string of the molecule is CCOC(=O)N[C@H](CO)[C@H](O)c1ccc(SC)cc1. The van der Waals surface area contributed by atoms with Crippen molar-refractivity contribution in [2.24, 2.45) is 0 Å². The van der Waals surface area contributed by atoms with Crippen LogP contribution in [0.4, 0.5) is 4.79 Å². The van der Waals surface area contributed by atoms with Gasteiger partial charge in [-0.25, -0.2) is 4.79 Å². The summed E-state index contributed by atoms with van der Waals surface area (Å²) in [6, 6.07) is 6.50. The summed E-state index contributed by atoms with van der Waals surface area (Å²) in [5.74, 6) is 0. The zero-order valence-electron chi connectivity index (χ0n) is 11.0. The van der Waals surface area contributed by atoms with E-state index in [-0.39, 0.29) is 13.2 Å². The molecule has 0 radical (unpaired) electrons. The smallest absolute Gasteiger partial charge is 0.407 e. The molecule has 0 saturated carbocycles. The zero-order chi connectivity index (χ0) is 14.3. The molecular formula is C13H19NO4S. The summed E-state index contributed by atoms with van der Waals surface area (Å²) in [5.41, 5.74) is 0.633. The molecule has 3 N–H and O–H groups in total. The molecule has 1 rings (SSSR count). The Labute approximate surface area is 117 Å². The van der Waals surface area contributed by atoms with Crippen LogP contribution in [0.15, 0.2) is 29.2 Å². The first kappa shape index (κ1) is 15.8. The van der Waals surface area contributed by atoms with Crippen LogP contribution in [0.3, 0.4) is 0 Å². The average molecular weight is 285 g/mol. The third kappa shape index (κ3) is 4.74. The summed E-state index contributed by atoms with van der Waals surface area (Å²) in [4.78, 5) is 12.4. The van der Waals surface area contributed by atoms with Gasteiger partial charge in [0.1, 0.15) is 6.10 Å². The highest BCUT2D eigenvalue weighted by Crippen LogP contribution is 2.21. The van der Waals surface area contributed by atoms with Crippen LogP contribution in [0.1, 0.15) is 18.6 Å². The second-order valence-corrected chi connectivity index (χ2v) is 4.75. The number of hydrogen-bond acceptors (Lipinski definition) is 5. The molecule has 6 heteroatoms. The molecule has 106 valence electrons. The van der Waals surface area contributed by atoms with E-state index in [1.807, 2.05) is 18.4 Å². The van der Waals surface area contributed by atoms with Crippen molar-refractivity contribution >= 4 is 17.9 Å². The van der Waals surface area contributed by atoms with Gasteiger partial charge in [0, 0.05) is 4.90 Å². The first-order chi connectivity index (χ1) is 9.12. The molecule has 0 heterocycles. The third-order valence-electron chi connectivity index (χ3n) is 2.61. The van der Waals surface area contributed by atoms with Crippen molar-refractivity contribution in [1.82, 2.24) is 5.32 Å². The lowest BCUT2D eigenvalue weighted by Crippen LogP contribution is -2.42. The van der Waals surface area contributed by atoms with Crippen LogP contribution in [0, 0.1) is 0 Å². The minimum atomic E-state index is -0.981. The number of aliphatic hydroxyl groups excluding tert-OH is 2. The maximum atomic E-state index is 11.3. The first-order valence-corrected chi connectivity index (χ1v) is 7.21. The monoisotopic (exact) mass is 285 g/mol. The number of alkyl carbamates (subject to hydrolysis) is 1. The predicted octanol–water partition coefficient (Wildman–Crippen LogP) is 1.55. The van der Waals surface area contributed by atoms with Gasteiger partial charge in [-0.2, -0.15) is 0 Å². The number of nitrogens with one attached hydrogen (secondary N) is 1. The number of thioether (sulfide) groups is 1. The molecule has 1 amide bonds. The van der Waals surface area contributed by atoms with E-state index in [2.05, 4.69) is 5.32 Å². The van der Waals surface area contributed by atoms with Gasteiger partial charge in [-0.3, -0.25) is 0 Å². The molecule has 0 aromatic heterocycles. The highest BCUT2D eigenvalue weighted by molar-refractivity contribution is 7.98. The van der Waals surface area contributed by atoms with Crippen LogP contribution >= 0.6 is 11.8 Å². The number of aliphatic hydroxyl groups is 2. The van der Waals surface area contributed by atoms with E-state index in [0.29, 0.717) is 5.56 Å². The maximum absolute atomic E-state index is 11.3. The highest BCUT2D eigenvalue weighted by atomic mass is 32.2. The molecule has 0 bridgehead atoms. The molecule has 0 saturated heterocycles. The minimum absolute atomic E-state index is 0.239. The molecule has 2 atom stereocenters. The molecule has 19 heavy (non-hydrogen) atoms. The predicted molar refractivity (Wildman–Crippen MR) is 74.2 cm³/mol. The fourth-order valence-corrected chi connectivity index (χ4v) is 1.99. The lowest BCUT2D eigenvalue weighted by molar-refractivity contribution is 0.0794. The van der Waals surface area contributed by atoms with E-state index in [0.717, 1.165) is 4.90 Å². The van der Waals surface area contributed by atoms with E-state index in [4.69, 9.17) is 4.74 Å². The molecule has 0 fully saturated rings. The number of rotatable bonds is 6. The Kier molecular flexibility index (Phi) is 6.69. The van der Waals surface area contributed by atoms with Crippen molar-refractivity contribution in [3.05, 3.63) is 29.8 Å². The fourth-order valence-electron chi connectivity index (χ4n) is 1.58. The van der Waals surface area contributed by atoms with Crippen LogP contribution < -0.4 is 5.32 Å². The Balaban J connectivity index is 2.70. The Morgan fingerprint density at radius 3 is 2.53 bits per heavy atom. The van der Waals surface area contributed by atoms with Crippen LogP contribution in [0.5, 0.6) is 0 Å². The molecular weight excluding hydrogens is 266 g/mol. The average Bonchev–Trinajstić information content (AvgIpc) is 2.44. The zero-order valence-corrected chi connectivity index (χ0v) is 11.8. The summed E-state index contributed by atoms with van der Waals surface area (Å²) in [5, 5.41) is 21.8. The summed E-state index contributed by atoms with van der Waals surface area (Å²) in [7, 11) is 0. The van der Waals surface area contributed by atoms with Crippen molar-refractivity contribution < 1.29 is 19.7 Å². The normalized spacial score (nSPS) is 13.7. The Morgan fingerprint density at radius 2 is 2.05 bits per heavy atom. The van der Waals surface area contributed by atoms with E-state index in [1.165, 1.54) is 0 Å². The number of carbonyl (C=O) groups excluding carboxylic acids is 1. The molecule has 0 aliphatic carbocycles. The van der Waals surface area contributed by atoms with Gasteiger partial charge in [0.05, 0.1) is 19.3 Å². The van der Waals surface area contributed by atoms with Gasteiger partial charge in [0.15, 0.2) is 0 Å². The lowest BCUT2D eigenvalue weighted by atomic mass is 10.0. The number of hydrogen-bond donors (Lipinski definition) is 3. The van der Waals surface area contributed by atoms with Gasteiger partial charge in [-0.05, 0) is 30.9 Å². The van der Waals surface area contributed by atoms with Crippen molar-refractivity contribution in [2.75, 3.05) is 19.5 Å². The van der Waals surface area contributed by atoms with Gasteiger partial charge < -0.3 is 20.3 Å². The second kappa shape index (κ2) is 8.04. The van der Waals surface area contributed by atoms with E-state index >= 15 is 0 Å². The van der Waals surface area contributed by atoms with Gasteiger partial charge in [-0.1, -0.05) is 12.1 Å². The highest BCUT2D eigenvalue weighted by Gasteiger charge is 2.22. The van der Waals surface area contributed by atoms with E-state index < -0.39 is 18.2 Å². The number of benzene rings is 1. The van der Waals surface area contributed by atoms with Crippen LogP contribution in [-0.2, 0) is 4.74 Å². The third-order valence-corrected chi connectivity index (χ3v) is 3.36. The number of amides is 1. The van der Waals surface area contributed by atoms with Crippen LogP contribution in [0.25, 0.3) is 0 Å². The van der Waals surface area contributed by atoms with Crippen molar-refractivity contribution in [3.8, 4) is 0 Å². The molecule has 5 nitrogen and oxygen atoms in total. The molecule has 0 aliphatic rings. The topological polar surface area (TPSA) is 78.8 Å². The maximum Gasteiger partial charge on any atom is 0.407 e. The van der Waals surface area contributed by atoms with E-state index in [1.54, 1.807) is 30.8 Å².